The molecular formula is C53H53N5O9. The largest absolute Gasteiger partial charge is 0.491 e. The summed E-state index contributed by atoms with van der Waals surface area (Å²) in [6, 6.07) is 34.9. The van der Waals surface area contributed by atoms with E-state index in [-0.39, 0.29) is 24.5 Å². The summed E-state index contributed by atoms with van der Waals surface area (Å²) in [5.74, 6) is 1.51. The Balaban J connectivity index is 1.37. The summed E-state index contributed by atoms with van der Waals surface area (Å²) in [5, 5.41) is 12.3. The van der Waals surface area contributed by atoms with Crippen LogP contribution in [0, 0.1) is 23.7 Å². The number of amides is 4. The first-order chi connectivity index (χ1) is 32.4. The number of hydrogen-bond acceptors (Lipinski definition) is 11. The molecule has 1 spiro atoms. The first-order valence-corrected chi connectivity index (χ1v) is 22.2. The van der Waals surface area contributed by atoms with Crippen LogP contribution >= 0.6 is 0 Å². The number of rotatable bonds is 13. The number of methoxy groups -OCH3 is 1. The van der Waals surface area contributed by atoms with Crippen LogP contribution in [0.2, 0.25) is 0 Å². The molecule has 0 aromatic heterocycles. The number of nitrogens with one attached hydrogen (secondary N) is 1. The van der Waals surface area contributed by atoms with E-state index in [1.807, 2.05) is 103 Å². The van der Waals surface area contributed by atoms with Gasteiger partial charge in [-0.25, -0.2) is 14.5 Å². The van der Waals surface area contributed by atoms with Gasteiger partial charge < -0.3 is 30.4 Å². The Morgan fingerprint density at radius 1 is 0.866 bits per heavy atom. The number of anilines is 1. The molecule has 0 aliphatic carbocycles. The van der Waals surface area contributed by atoms with Crippen molar-refractivity contribution in [3.8, 4) is 17.6 Å². The SMILES string of the molecule is COC(=O)[C@@H](NC(=O)N1C(=O)[C@@]2(c3cc(C#CCN(C)Cc4ccccc4)ccc31)[C@H](C(N)=O)[C@H]1C(=O)O[C@H](c3ccccc3)[C@H](c3ccccc3)N1[C@@H]2c1ccc(OCCO)cc1)C(C)C. The predicted octanol–water partition coefficient (Wildman–Crippen LogP) is 5.60. The molecule has 0 unspecified atom stereocenters. The molecule has 5 aromatic carbocycles. The molecule has 0 bridgehead atoms. The lowest BCUT2D eigenvalue weighted by atomic mass is 9.65. The quantitative estimate of drug-likeness (QED) is 0.0989. The van der Waals surface area contributed by atoms with E-state index in [0.717, 1.165) is 16.0 Å². The molecule has 4 N–H and O–H groups in total. The Morgan fingerprint density at radius 3 is 2.12 bits per heavy atom. The van der Waals surface area contributed by atoms with Gasteiger partial charge >= 0.3 is 18.0 Å². The number of imide groups is 1. The Hall–Kier alpha value is -7.31. The third-order valence-electron chi connectivity index (χ3n) is 12.8. The summed E-state index contributed by atoms with van der Waals surface area (Å²) in [6.45, 7) is 4.29. The molecule has 7 atom stereocenters. The van der Waals surface area contributed by atoms with E-state index in [9.17, 15) is 19.5 Å². The summed E-state index contributed by atoms with van der Waals surface area (Å²) in [4.78, 5) is 78.6. The molecule has 3 aliphatic rings. The average Bonchev–Trinajstić information content (AvgIpc) is 3.79. The molecule has 2 saturated heterocycles. The van der Waals surface area contributed by atoms with Gasteiger partial charge in [-0.3, -0.25) is 24.2 Å². The third kappa shape index (κ3) is 8.65. The molecule has 0 radical (unpaired) electrons. The number of nitrogens with zero attached hydrogens (tertiary/aromatic N) is 3. The highest BCUT2D eigenvalue weighted by atomic mass is 16.6. The molecule has 5 aromatic rings. The zero-order chi connectivity index (χ0) is 47.4. The van der Waals surface area contributed by atoms with Gasteiger partial charge in [-0.15, -0.1) is 0 Å². The minimum absolute atomic E-state index is 0.0239. The average molecular weight is 904 g/mol. The number of ether oxygens (including phenoxy) is 3. The van der Waals surface area contributed by atoms with Crippen molar-refractivity contribution in [1.82, 2.24) is 15.1 Å². The monoisotopic (exact) mass is 903 g/mol. The molecule has 3 aliphatic heterocycles. The molecule has 3 heterocycles. The number of benzene rings is 5. The van der Waals surface area contributed by atoms with Gasteiger partial charge in [-0.2, -0.15) is 0 Å². The Labute approximate surface area is 389 Å². The second-order valence-electron chi connectivity index (χ2n) is 17.3. The van der Waals surface area contributed by atoms with E-state index in [1.165, 1.54) is 7.11 Å². The normalized spacial score (nSPS) is 22.4. The minimum Gasteiger partial charge on any atom is -0.491 e. The number of carbonyl (C=O) groups excluding carboxylic acids is 5. The first-order valence-electron chi connectivity index (χ1n) is 22.2. The number of fused-ring (bicyclic) bond motifs is 3. The highest BCUT2D eigenvalue weighted by Gasteiger charge is 2.75. The molecule has 67 heavy (non-hydrogen) atoms. The number of aliphatic hydroxyl groups excluding tert-OH is 1. The zero-order valence-corrected chi connectivity index (χ0v) is 37.7. The lowest BCUT2D eigenvalue weighted by Gasteiger charge is -2.46. The van der Waals surface area contributed by atoms with Gasteiger partial charge in [0.2, 0.25) is 11.8 Å². The number of primary amides is 1. The predicted molar refractivity (Wildman–Crippen MR) is 249 cm³/mol. The van der Waals surface area contributed by atoms with Crippen LogP contribution in [0.25, 0.3) is 0 Å². The third-order valence-corrected chi connectivity index (χ3v) is 12.8. The standard InChI is InChI=1S/C53H53N5O9/c1-33(2)43(49(61)65-4)55-52(64)57-41-27-22-34(17-14-28-56(3)32-35-15-8-5-9-16-35)31-40(41)53(51(57)63)42(48(54)60)45-50(62)67-46(37-20-12-7-13-21-37)44(36-18-10-6-11-19-36)58(45)47(53)38-23-25-39(26-24-38)66-30-29-59/h5-13,15-16,18-27,31,33,42-47,59H,28-30,32H2,1-4H3,(H2,54,60)(H,55,64)/t42-,43-,44-,45-,46+,47+,53-/m0/s1. The summed E-state index contributed by atoms with van der Waals surface area (Å²) < 4.78 is 17.2. The maximum absolute atomic E-state index is 16.2. The van der Waals surface area contributed by atoms with Gasteiger partial charge in [0, 0.05) is 12.1 Å². The van der Waals surface area contributed by atoms with Crippen molar-refractivity contribution in [2.75, 3.05) is 38.8 Å². The maximum Gasteiger partial charge on any atom is 0.329 e. The molecule has 2 fully saturated rings. The molecule has 14 heteroatoms. The molecule has 4 amide bonds. The van der Waals surface area contributed by atoms with E-state index < -0.39 is 77.3 Å². The Kier molecular flexibility index (Phi) is 13.6. The van der Waals surface area contributed by atoms with Crippen LogP contribution in [-0.4, -0.2) is 90.7 Å². The van der Waals surface area contributed by atoms with Crippen molar-refractivity contribution in [2.24, 2.45) is 17.6 Å². The highest BCUT2D eigenvalue weighted by molar-refractivity contribution is 6.25. The van der Waals surface area contributed by atoms with Crippen molar-refractivity contribution in [3.63, 3.8) is 0 Å². The molecular weight excluding hydrogens is 851 g/mol. The number of urea groups is 1. The van der Waals surface area contributed by atoms with Crippen LogP contribution in [0.4, 0.5) is 10.5 Å². The number of aliphatic hydroxyl groups is 1. The van der Waals surface area contributed by atoms with Crippen molar-refractivity contribution >= 4 is 35.5 Å². The van der Waals surface area contributed by atoms with Crippen LogP contribution in [-0.2, 0) is 40.6 Å². The minimum atomic E-state index is -2.09. The number of nitrogens with two attached hydrogens (primary N) is 1. The molecule has 8 rings (SSSR count). The number of cyclic esters (lactones) is 1. The van der Waals surface area contributed by atoms with Gasteiger partial charge in [-0.05, 0) is 71.1 Å². The highest BCUT2D eigenvalue weighted by Crippen LogP contribution is 2.65. The van der Waals surface area contributed by atoms with E-state index in [2.05, 4.69) is 22.1 Å². The van der Waals surface area contributed by atoms with Gasteiger partial charge in [0.05, 0.1) is 44.0 Å². The van der Waals surface area contributed by atoms with Crippen LogP contribution in [0.15, 0.2) is 133 Å². The van der Waals surface area contributed by atoms with Crippen molar-refractivity contribution in [3.05, 3.63) is 167 Å². The van der Waals surface area contributed by atoms with Gasteiger partial charge in [0.1, 0.15) is 36.0 Å². The zero-order valence-electron chi connectivity index (χ0n) is 37.7. The van der Waals surface area contributed by atoms with Crippen molar-refractivity contribution in [1.29, 1.82) is 0 Å². The lowest BCUT2D eigenvalue weighted by molar-refractivity contribution is -0.178. The Bertz CT molecular complexity index is 2690. The van der Waals surface area contributed by atoms with Crippen LogP contribution in [0.5, 0.6) is 5.75 Å². The summed E-state index contributed by atoms with van der Waals surface area (Å²) in [7, 11) is 3.16. The fourth-order valence-electron chi connectivity index (χ4n) is 9.98. The van der Waals surface area contributed by atoms with E-state index in [1.54, 1.807) is 56.3 Å². The van der Waals surface area contributed by atoms with E-state index in [4.69, 9.17) is 19.9 Å². The maximum atomic E-state index is 16.2. The van der Waals surface area contributed by atoms with Crippen LogP contribution in [0.3, 0.4) is 0 Å². The fraction of sp³-hybridized carbons (Fsp3) is 0.302. The van der Waals surface area contributed by atoms with Crippen molar-refractivity contribution in [2.45, 2.75) is 56.1 Å². The second-order valence-corrected chi connectivity index (χ2v) is 17.3. The molecule has 344 valence electrons. The van der Waals surface area contributed by atoms with Gasteiger partial charge in [-0.1, -0.05) is 129 Å². The number of morpholine rings is 1. The van der Waals surface area contributed by atoms with Crippen LogP contribution < -0.4 is 20.7 Å². The van der Waals surface area contributed by atoms with Crippen LogP contribution in [0.1, 0.15) is 65.4 Å². The second kappa shape index (κ2) is 19.7. The number of hydrogen-bond donors (Lipinski definition) is 3. The van der Waals surface area contributed by atoms with E-state index in [0.29, 0.717) is 35.5 Å². The summed E-state index contributed by atoms with van der Waals surface area (Å²) in [6.07, 6.45) is -0.932. The number of esters is 2. The van der Waals surface area contributed by atoms with Gasteiger partial charge in [0.25, 0.3) is 0 Å². The summed E-state index contributed by atoms with van der Waals surface area (Å²) in [5.41, 5.74) is 8.25. The summed E-state index contributed by atoms with van der Waals surface area (Å²) >= 11 is 0. The molecule has 14 nitrogen and oxygen atoms in total. The first kappa shape index (κ1) is 46.2. The van der Waals surface area contributed by atoms with Crippen molar-refractivity contribution < 1.29 is 43.3 Å². The van der Waals surface area contributed by atoms with E-state index >= 15 is 9.59 Å². The molecule has 0 saturated carbocycles. The Morgan fingerprint density at radius 2 is 1.51 bits per heavy atom. The lowest BCUT2D eigenvalue weighted by Crippen LogP contribution is -2.57. The smallest absolute Gasteiger partial charge is 0.329 e. The topological polar surface area (TPSA) is 181 Å². The fourth-order valence-corrected chi connectivity index (χ4v) is 9.98. The number of carbonyl (C=O) groups is 5. The van der Waals surface area contributed by atoms with Gasteiger partial charge in [0.15, 0.2) is 0 Å².